The molecule has 15 heavy (non-hydrogen) atoms. The quantitative estimate of drug-likeness (QED) is 0.662. The van der Waals surface area contributed by atoms with Crippen molar-refractivity contribution in [3.05, 3.63) is 0 Å². The van der Waals surface area contributed by atoms with Crippen molar-refractivity contribution in [3.8, 4) is 0 Å². The predicted molar refractivity (Wildman–Crippen MR) is 61.5 cm³/mol. The lowest BCUT2D eigenvalue weighted by molar-refractivity contribution is -0.119. The zero-order valence-electron chi connectivity index (χ0n) is 9.83. The van der Waals surface area contributed by atoms with E-state index in [4.69, 9.17) is 5.73 Å². The smallest absolute Gasteiger partial charge is 0.231 e. The molecule has 0 aliphatic carbocycles. The van der Waals surface area contributed by atoms with Crippen LogP contribution in [0.15, 0.2) is 0 Å². The van der Waals surface area contributed by atoms with E-state index in [1.54, 1.807) is 0 Å². The highest BCUT2D eigenvalue weighted by atomic mass is 16.1. The van der Waals surface area contributed by atoms with E-state index >= 15 is 0 Å². The molecule has 2 atom stereocenters. The average molecular weight is 213 g/mol. The molecule has 4 heteroatoms. The number of hydrogen-bond acceptors (Lipinski definition) is 3. The van der Waals surface area contributed by atoms with E-state index in [1.807, 2.05) is 0 Å². The Kier molecular flexibility index (Phi) is 5.05. The second-order valence-electron chi connectivity index (χ2n) is 4.49. The van der Waals surface area contributed by atoms with Gasteiger partial charge in [0.05, 0.1) is 6.54 Å². The molecule has 0 aromatic carbocycles. The van der Waals surface area contributed by atoms with Crippen molar-refractivity contribution >= 4 is 5.91 Å². The molecule has 0 spiro atoms. The maximum atomic E-state index is 11.0. The average Bonchev–Trinajstić information content (AvgIpc) is 2.58. The monoisotopic (exact) mass is 213 g/mol. The van der Waals surface area contributed by atoms with Gasteiger partial charge in [-0.25, -0.2) is 0 Å². The Balaban J connectivity index is 2.49. The highest BCUT2D eigenvalue weighted by Gasteiger charge is 2.28. The molecule has 1 rings (SSSR count). The zero-order chi connectivity index (χ0) is 11.3. The van der Waals surface area contributed by atoms with Crippen LogP contribution in [0.1, 0.15) is 26.7 Å². The van der Waals surface area contributed by atoms with Crippen molar-refractivity contribution in [2.24, 2.45) is 11.7 Å². The van der Waals surface area contributed by atoms with E-state index in [1.165, 1.54) is 0 Å². The van der Waals surface area contributed by atoms with Crippen molar-refractivity contribution in [1.29, 1.82) is 0 Å². The first-order valence-corrected chi connectivity index (χ1v) is 5.88. The minimum absolute atomic E-state index is 0.217. The van der Waals surface area contributed by atoms with Gasteiger partial charge in [0.1, 0.15) is 0 Å². The summed E-state index contributed by atoms with van der Waals surface area (Å²) in [7, 11) is 0. The molecule has 1 heterocycles. The molecule has 4 nitrogen and oxygen atoms in total. The lowest BCUT2D eigenvalue weighted by Gasteiger charge is -2.29. The summed E-state index contributed by atoms with van der Waals surface area (Å²) < 4.78 is 0. The minimum atomic E-state index is -0.217. The summed E-state index contributed by atoms with van der Waals surface area (Å²) in [6.07, 6.45) is 2.29. The van der Waals surface area contributed by atoms with Crippen LogP contribution in [0.5, 0.6) is 0 Å². The Bertz CT molecular complexity index is 208. The Morgan fingerprint density at radius 3 is 2.73 bits per heavy atom. The van der Waals surface area contributed by atoms with Crippen molar-refractivity contribution in [3.63, 3.8) is 0 Å². The molecule has 0 saturated carbocycles. The molecule has 0 aromatic rings. The fraction of sp³-hybridized carbons (Fsp3) is 0.909. The highest BCUT2D eigenvalue weighted by Crippen LogP contribution is 2.15. The largest absolute Gasteiger partial charge is 0.369 e. The Hall–Kier alpha value is -0.610. The van der Waals surface area contributed by atoms with Crippen LogP contribution in [0.2, 0.25) is 0 Å². The summed E-state index contributed by atoms with van der Waals surface area (Å²) in [4.78, 5) is 13.2. The number of carbonyl (C=O) groups is 1. The van der Waals surface area contributed by atoms with Crippen LogP contribution in [-0.4, -0.2) is 43.0 Å². The third kappa shape index (κ3) is 3.80. The predicted octanol–water partition coefficient (Wildman–Crippen LogP) is 0.182. The van der Waals surface area contributed by atoms with Crippen molar-refractivity contribution in [2.75, 3.05) is 26.2 Å². The first-order valence-electron chi connectivity index (χ1n) is 5.88. The van der Waals surface area contributed by atoms with Crippen LogP contribution in [0.25, 0.3) is 0 Å². The first kappa shape index (κ1) is 12.5. The Morgan fingerprint density at radius 2 is 2.27 bits per heavy atom. The van der Waals surface area contributed by atoms with Gasteiger partial charge in [-0.3, -0.25) is 9.69 Å². The van der Waals surface area contributed by atoms with E-state index in [2.05, 4.69) is 24.1 Å². The second kappa shape index (κ2) is 6.08. The van der Waals surface area contributed by atoms with Crippen LogP contribution in [0, 0.1) is 5.92 Å². The molecule has 2 unspecified atom stereocenters. The summed E-state index contributed by atoms with van der Waals surface area (Å²) in [5.74, 6) is 0.395. The van der Waals surface area contributed by atoms with E-state index in [0.29, 0.717) is 18.5 Å². The molecule has 3 N–H and O–H groups in total. The Labute approximate surface area is 92.2 Å². The zero-order valence-corrected chi connectivity index (χ0v) is 9.83. The van der Waals surface area contributed by atoms with Crippen molar-refractivity contribution in [2.45, 2.75) is 32.7 Å². The summed E-state index contributed by atoms with van der Waals surface area (Å²) in [5.41, 5.74) is 5.28. The van der Waals surface area contributed by atoms with E-state index in [9.17, 15) is 4.79 Å². The molecular formula is C11H23N3O. The molecule has 0 radical (unpaired) electrons. The lowest BCUT2D eigenvalue weighted by Crippen LogP contribution is -2.45. The van der Waals surface area contributed by atoms with Gasteiger partial charge < -0.3 is 11.1 Å². The van der Waals surface area contributed by atoms with Crippen LogP contribution in [0.3, 0.4) is 0 Å². The standard InChI is InChI=1S/C11H23N3O/c1-3-4-5-14(8-11(12)15)10-7-13-6-9(10)2/h9-10,13H,3-8H2,1-2H3,(H2,12,15). The van der Waals surface area contributed by atoms with Crippen molar-refractivity contribution < 1.29 is 4.79 Å². The number of amides is 1. The number of hydrogen-bond donors (Lipinski definition) is 2. The fourth-order valence-corrected chi connectivity index (χ4v) is 2.21. The molecule has 0 bridgehead atoms. The van der Waals surface area contributed by atoms with Gasteiger partial charge in [0.2, 0.25) is 5.91 Å². The highest BCUT2D eigenvalue weighted by molar-refractivity contribution is 5.75. The van der Waals surface area contributed by atoms with Gasteiger partial charge in [-0.15, -0.1) is 0 Å². The van der Waals surface area contributed by atoms with Gasteiger partial charge in [0, 0.05) is 12.6 Å². The number of carbonyl (C=O) groups excluding carboxylic acids is 1. The molecule has 1 saturated heterocycles. The second-order valence-corrected chi connectivity index (χ2v) is 4.49. The summed E-state index contributed by atoms with van der Waals surface area (Å²) >= 11 is 0. The van der Waals surface area contributed by atoms with Crippen LogP contribution in [0.4, 0.5) is 0 Å². The Morgan fingerprint density at radius 1 is 1.53 bits per heavy atom. The van der Waals surface area contributed by atoms with Crippen LogP contribution < -0.4 is 11.1 Å². The molecule has 1 aliphatic rings. The SMILES string of the molecule is CCCCN(CC(N)=O)C1CNCC1C. The number of nitrogens with one attached hydrogen (secondary N) is 1. The van der Waals surface area contributed by atoms with Crippen LogP contribution in [-0.2, 0) is 4.79 Å². The fourth-order valence-electron chi connectivity index (χ4n) is 2.21. The number of nitrogens with zero attached hydrogens (tertiary/aromatic N) is 1. The van der Waals surface area contributed by atoms with Crippen LogP contribution >= 0.6 is 0 Å². The van der Waals surface area contributed by atoms with Gasteiger partial charge in [-0.05, 0) is 25.4 Å². The van der Waals surface area contributed by atoms with Gasteiger partial charge in [-0.1, -0.05) is 20.3 Å². The summed E-state index contributed by atoms with van der Waals surface area (Å²) in [6, 6.07) is 0.476. The lowest BCUT2D eigenvalue weighted by atomic mass is 10.0. The van der Waals surface area contributed by atoms with Gasteiger partial charge in [0.15, 0.2) is 0 Å². The molecule has 1 amide bonds. The number of rotatable bonds is 6. The van der Waals surface area contributed by atoms with Gasteiger partial charge >= 0.3 is 0 Å². The number of unbranched alkanes of at least 4 members (excludes halogenated alkanes) is 1. The molecule has 0 aromatic heterocycles. The molecule has 1 aliphatic heterocycles. The summed E-state index contributed by atoms with van der Waals surface area (Å²) in [5, 5.41) is 3.36. The topological polar surface area (TPSA) is 58.4 Å². The molecular weight excluding hydrogens is 190 g/mol. The van der Waals surface area contributed by atoms with Gasteiger partial charge in [0.25, 0.3) is 0 Å². The number of primary amides is 1. The number of nitrogens with two attached hydrogens (primary N) is 1. The molecule has 88 valence electrons. The van der Waals surface area contributed by atoms with E-state index in [-0.39, 0.29) is 5.91 Å². The van der Waals surface area contributed by atoms with Gasteiger partial charge in [-0.2, -0.15) is 0 Å². The summed E-state index contributed by atoms with van der Waals surface area (Å²) in [6.45, 7) is 7.81. The third-order valence-electron chi connectivity index (χ3n) is 3.10. The normalized spacial score (nSPS) is 26.1. The van der Waals surface area contributed by atoms with E-state index < -0.39 is 0 Å². The maximum absolute atomic E-state index is 11.0. The van der Waals surface area contributed by atoms with E-state index in [0.717, 1.165) is 32.5 Å². The minimum Gasteiger partial charge on any atom is -0.369 e. The molecule has 1 fully saturated rings. The third-order valence-corrected chi connectivity index (χ3v) is 3.10. The maximum Gasteiger partial charge on any atom is 0.231 e. The van der Waals surface area contributed by atoms with Crippen molar-refractivity contribution in [1.82, 2.24) is 10.2 Å². The first-order chi connectivity index (χ1) is 7.15.